The van der Waals surface area contributed by atoms with Gasteiger partial charge >= 0.3 is 0 Å². The van der Waals surface area contributed by atoms with E-state index in [2.05, 4.69) is 14.7 Å². The Morgan fingerprint density at radius 1 is 1.17 bits per heavy atom. The Labute approximate surface area is 138 Å². The van der Waals surface area contributed by atoms with Gasteiger partial charge in [0.05, 0.1) is 34.8 Å². The predicted octanol–water partition coefficient (Wildman–Crippen LogP) is 0.935. The Morgan fingerprint density at radius 3 is 2.62 bits per heavy atom. The van der Waals surface area contributed by atoms with Crippen LogP contribution in [0.5, 0.6) is 0 Å². The highest BCUT2D eigenvalue weighted by atomic mass is 32.2. The summed E-state index contributed by atoms with van der Waals surface area (Å²) in [5.74, 6) is 0. The standard InChI is InChI=1S/C16H15N3O4S/c20-10-15(11-4-2-1-3-5-11)19-24(22,23)12-6-7-13-14(8-12)17-9-16(21)18-13/h1-9,15,19-20H,10H2,(H,18,21). The summed E-state index contributed by atoms with van der Waals surface area (Å²) in [6.45, 7) is -0.373. The van der Waals surface area contributed by atoms with Gasteiger partial charge in [0, 0.05) is 0 Å². The Hall–Kier alpha value is -2.55. The number of rotatable bonds is 5. The van der Waals surface area contributed by atoms with Gasteiger partial charge in [-0.15, -0.1) is 0 Å². The van der Waals surface area contributed by atoms with Crippen molar-refractivity contribution in [2.75, 3.05) is 6.61 Å². The van der Waals surface area contributed by atoms with Crippen LogP contribution in [0.25, 0.3) is 11.0 Å². The van der Waals surface area contributed by atoms with Gasteiger partial charge in [0.2, 0.25) is 10.0 Å². The number of hydrogen-bond acceptors (Lipinski definition) is 5. The molecule has 2 aromatic carbocycles. The van der Waals surface area contributed by atoms with Crippen LogP contribution in [-0.4, -0.2) is 30.1 Å². The monoisotopic (exact) mass is 345 g/mol. The number of sulfonamides is 1. The summed E-state index contributed by atoms with van der Waals surface area (Å²) < 4.78 is 27.6. The normalized spacial score (nSPS) is 13.0. The molecule has 0 aliphatic heterocycles. The zero-order valence-corrected chi connectivity index (χ0v) is 13.3. The van der Waals surface area contributed by atoms with Crippen molar-refractivity contribution in [2.24, 2.45) is 0 Å². The van der Waals surface area contributed by atoms with Gasteiger partial charge in [-0.1, -0.05) is 30.3 Å². The number of benzene rings is 2. The molecule has 0 fully saturated rings. The molecule has 0 radical (unpaired) electrons. The molecule has 0 aliphatic carbocycles. The van der Waals surface area contributed by atoms with Crippen LogP contribution in [0.3, 0.4) is 0 Å². The van der Waals surface area contributed by atoms with E-state index in [0.29, 0.717) is 16.6 Å². The molecule has 0 saturated carbocycles. The quantitative estimate of drug-likeness (QED) is 0.637. The van der Waals surface area contributed by atoms with Crippen LogP contribution in [-0.2, 0) is 10.0 Å². The largest absolute Gasteiger partial charge is 0.394 e. The molecule has 8 heteroatoms. The summed E-state index contributed by atoms with van der Waals surface area (Å²) in [6.07, 6.45) is 1.09. The van der Waals surface area contributed by atoms with Crippen molar-refractivity contribution in [2.45, 2.75) is 10.9 Å². The van der Waals surface area contributed by atoms with Crippen LogP contribution in [0, 0.1) is 0 Å². The number of fused-ring (bicyclic) bond motifs is 1. The van der Waals surface area contributed by atoms with Crippen LogP contribution < -0.4 is 10.3 Å². The molecule has 3 aromatic rings. The van der Waals surface area contributed by atoms with Crippen LogP contribution in [0.15, 0.2) is 64.4 Å². The highest BCUT2D eigenvalue weighted by Gasteiger charge is 2.21. The second kappa shape index (κ2) is 6.52. The summed E-state index contributed by atoms with van der Waals surface area (Å²) in [7, 11) is -3.86. The minimum Gasteiger partial charge on any atom is -0.394 e. The van der Waals surface area contributed by atoms with E-state index in [4.69, 9.17) is 0 Å². The number of nitrogens with zero attached hydrogens (tertiary/aromatic N) is 1. The molecule has 1 heterocycles. The summed E-state index contributed by atoms with van der Waals surface area (Å²) >= 11 is 0. The maximum atomic E-state index is 12.6. The summed E-state index contributed by atoms with van der Waals surface area (Å²) in [5, 5.41) is 9.51. The molecule has 1 unspecified atom stereocenters. The van der Waals surface area contributed by atoms with Crippen molar-refractivity contribution in [3.8, 4) is 0 Å². The molecule has 124 valence electrons. The third-order valence-electron chi connectivity index (χ3n) is 3.54. The number of aromatic amines is 1. The first kappa shape index (κ1) is 16.3. The zero-order valence-electron chi connectivity index (χ0n) is 12.5. The van der Waals surface area contributed by atoms with Gasteiger partial charge < -0.3 is 10.1 Å². The molecule has 0 saturated heterocycles. The first-order valence-corrected chi connectivity index (χ1v) is 8.65. The van der Waals surface area contributed by atoms with Gasteiger partial charge in [-0.25, -0.2) is 18.1 Å². The van der Waals surface area contributed by atoms with E-state index in [-0.39, 0.29) is 17.1 Å². The van der Waals surface area contributed by atoms with E-state index in [1.54, 1.807) is 24.3 Å². The SMILES string of the molecule is O=c1cnc2cc(S(=O)(=O)NC(CO)c3ccccc3)ccc2[nH]1. The average molecular weight is 345 g/mol. The molecular formula is C16H15N3O4S. The van der Waals surface area contributed by atoms with Crippen molar-refractivity contribution in [3.63, 3.8) is 0 Å². The molecule has 0 aliphatic rings. The fourth-order valence-corrected chi connectivity index (χ4v) is 3.57. The average Bonchev–Trinajstić information content (AvgIpc) is 2.60. The number of aliphatic hydroxyl groups is 1. The fourth-order valence-electron chi connectivity index (χ4n) is 2.34. The molecule has 1 atom stereocenters. The maximum Gasteiger partial charge on any atom is 0.266 e. The van der Waals surface area contributed by atoms with Gasteiger partial charge in [-0.3, -0.25) is 4.79 Å². The van der Waals surface area contributed by atoms with Gasteiger partial charge in [0.1, 0.15) is 0 Å². The number of aromatic nitrogens is 2. The minimum atomic E-state index is -3.86. The van der Waals surface area contributed by atoms with Crippen LogP contribution in [0.1, 0.15) is 11.6 Å². The van der Waals surface area contributed by atoms with Crippen molar-refractivity contribution in [1.82, 2.24) is 14.7 Å². The smallest absolute Gasteiger partial charge is 0.266 e. The summed E-state index contributed by atoms with van der Waals surface area (Å²) in [6, 6.07) is 12.3. The first-order chi connectivity index (χ1) is 11.5. The van der Waals surface area contributed by atoms with Gasteiger partial charge in [-0.2, -0.15) is 0 Å². The van der Waals surface area contributed by atoms with Crippen molar-refractivity contribution >= 4 is 21.1 Å². The molecule has 1 aromatic heterocycles. The summed E-state index contributed by atoms with van der Waals surface area (Å²) in [4.78, 5) is 17.7. The maximum absolute atomic E-state index is 12.6. The topological polar surface area (TPSA) is 112 Å². The van der Waals surface area contributed by atoms with Crippen LogP contribution in [0.2, 0.25) is 0 Å². The second-order valence-electron chi connectivity index (χ2n) is 5.19. The first-order valence-electron chi connectivity index (χ1n) is 7.17. The predicted molar refractivity (Wildman–Crippen MR) is 89.0 cm³/mol. The lowest BCUT2D eigenvalue weighted by atomic mass is 10.1. The fraction of sp³-hybridized carbons (Fsp3) is 0.125. The molecule has 0 spiro atoms. The van der Waals surface area contributed by atoms with E-state index in [9.17, 15) is 18.3 Å². The summed E-state index contributed by atoms with van der Waals surface area (Å²) in [5.41, 5.74) is 1.11. The van der Waals surface area contributed by atoms with E-state index in [0.717, 1.165) is 6.20 Å². The Balaban J connectivity index is 1.95. The highest BCUT2D eigenvalue weighted by Crippen LogP contribution is 2.19. The van der Waals surface area contributed by atoms with E-state index in [1.807, 2.05) is 6.07 Å². The highest BCUT2D eigenvalue weighted by molar-refractivity contribution is 7.89. The molecule has 3 rings (SSSR count). The molecule has 0 amide bonds. The van der Waals surface area contributed by atoms with Gasteiger partial charge in [0.25, 0.3) is 5.56 Å². The third-order valence-corrected chi connectivity index (χ3v) is 5.01. The molecular weight excluding hydrogens is 330 g/mol. The van der Waals surface area contributed by atoms with Crippen molar-refractivity contribution < 1.29 is 13.5 Å². The second-order valence-corrected chi connectivity index (χ2v) is 6.91. The van der Waals surface area contributed by atoms with Crippen LogP contribution >= 0.6 is 0 Å². The Kier molecular flexibility index (Phi) is 4.43. The number of hydrogen-bond donors (Lipinski definition) is 3. The molecule has 0 bridgehead atoms. The molecule has 7 nitrogen and oxygen atoms in total. The number of nitrogens with one attached hydrogen (secondary N) is 2. The van der Waals surface area contributed by atoms with Gasteiger partial charge in [0.15, 0.2) is 0 Å². The van der Waals surface area contributed by atoms with Gasteiger partial charge in [-0.05, 0) is 23.8 Å². The Morgan fingerprint density at radius 2 is 1.92 bits per heavy atom. The lowest BCUT2D eigenvalue weighted by Crippen LogP contribution is -2.30. The zero-order chi connectivity index (χ0) is 17.2. The van der Waals surface area contributed by atoms with E-state index < -0.39 is 16.1 Å². The lowest BCUT2D eigenvalue weighted by molar-refractivity contribution is 0.259. The van der Waals surface area contributed by atoms with Crippen molar-refractivity contribution in [1.29, 1.82) is 0 Å². The van der Waals surface area contributed by atoms with Crippen molar-refractivity contribution in [3.05, 3.63) is 70.6 Å². The molecule has 24 heavy (non-hydrogen) atoms. The minimum absolute atomic E-state index is 0.00364. The van der Waals surface area contributed by atoms with Crippen LogP contribution in [0.4, 0.5) is 0 Å². The number of H-pyrrole nitrogens is 1. The number of aliphatic hydroxyl groups excluding tert-OH is 1. The third kappa shape index (κ3) is 3.35. The lowest BCUT2D eigenvalue weighted by Gasteiger charge is -2.17. The van der Waals surface area contributed by atoms with E-state index >= 15 is 0 Å². The molecule has 3 N–H and O–H groups in total. The van der Waals surface area contributed by atoms with E-state index in [1.165, 1.54) is 18.2 Å². The Bertz CT molecular complexity index is 1020.